The molecule has 2 N–H and O–H groups in total. The van der Waals surface area contributed by atoms with Crippen molar-refractivity contribution in [3.63, 3.8) is 0 Å². The van der Waals surface area contributed by atoms with Gasteiger partial charge in [0, 0.05) is 13.3 Å². The van der Waals surface area contributed by atoms with Crippen molar-refractivity contribution >= 4 is 0 Å². The molecule has 0 aromatic rings. The Bertz CT molecular complexity index is 405. The topological polar surface area (TPSA) is 32.3 Å². The molecule has 1 aliphatic heterocycles. The lowest BCUT2D eigenvalue weighted by Crippen LogP contribution is -2.57. The fourth-order valence-electron chi connectivity index (χ4n) is 4.24. The molecule has 0 fully saturated rings. The summed E-state index contributed by atoms with van der Waals surface area (Å²) in [4.78, 5) is 0. The molecule has 0 saturated heterocycles. The molecule has 3 unspecified atom stereocenters. The number of quaternary nitrogens is 1. The van der Waals surface area contributed by atoms with Crippen LogP contribution in [0.5, 0.6) is 0 Å². The van der Waals surface area contributed by atoms with E-state index in [1.54, 1.807) is 0 Å². The Morgan fingerprint density at radius 1 is 0.889 bits per heavy atom. The third-order valence-corrected chi connectivity index (χ3v) is 6.20. The molecule has 0 radical (unpaired) electrons. The van der Waals surface area contributed by atoms with E-state index in [0.717, 1.165) is 13.0 Å². The van der Waals surface area contributed by atoms with Crippen LogP contribution in [0.1, 0.15) is 111 Å². The second-order valence-electron chi connectivity index (χ2n) is 8.31. The van der Waals surface area contributed by atoms with Crippen LogP contribution in [0.15, 0.2) is 24.6 Å². The van der Waals surface area contributed by atoms with Crippen LogP contribution in [-0.2, 0) is 0 Å². The zero-order valence-electron chi connectivity index (χ0n) is 18.5. The van der Waals surface area contributed by atoms with E-state index in [1.807, 2.05) is 13.1 Å². The molecule has 0 spiro atoms. The first-order chi connectivity index (χ1) is 13.2. The van der Waals surface area contributed by atoms with Crippen LogP contribution in [0.3, 0.4) is 0 Å². The van der Waals surface area contributed by atoms with Crippen LogP contribution >= 0.6 is 0 Å². The van der Waals surface area contributed by atoms with E-state index in [9.17, 15) is 5.11 Å². The maximum absolute atomic E-state index is 10.2. The van der Waals surface area contributed by atoms with E-state index in [0.29, 0.717) is 10.6 Å². The first-order valence-corrected chi connectivity index (χ1v) is 11.8. The Kier molecular flexibility index (Phi) is 13.6. The largest absolute Gasteiger partial charge is 0.345 e. The SMILES string of the molecule is CCCCCCCC/C=C/CCCCCCCC1NC=C[N+]1(CC)C(C)O. The Balaban J connectivity index is 1.94. The van der Waals surface area contributed by atoms with E-state index in [2.05, 4.69) is 37.5 Å². The highest BCUT2D eigenvalue weighted by Crippen LogP contribution is 2.25. The summed E-state index contributed by atoms with van der Waals surface area (Å²) in [5.74, 6) is 0. The summed E-state index contributed by atoms with van der Waals surface area (Å²) in [5.41, 5.74) is 0. The minimum atomic E-state index is -0.339. The Morgan fingerprint density at radius 3 is 2.00 bits per heavy atom. The molecule has 0 aromatic carbocycles. The van der Waals surface area contributed by atoms with Crippen molar-refractivity contribution < 1.29 is 9.59 Å². The number of allylic oxidation sites excluding steroid dienone is 2. The average molecular weight is 380 g/mol. The predicted octanol–water partition coefficient (Wildman–Crippen LogP) is 6.60. The molecule has 0 aliphatic carbocycles. The Hall–Kier alpha value is -0.800. The Labute approximate surface area is 169 Å². The van der Waals surface area contributed by atoms with Gasteiger partial charge in [-0.05, 0) is 39.0 Å². The molecule has 0 saturated carbocycles. The van der Waals surface area contributed by atoms with E-state index in [1.165, 1.54) is 83.5 Å². The highest BCUT2D eigenvalue weighted by atomic mass is 16.3. The second kappa shape index (κ2) is 15.2. The number of aliphatic hydroxyl groups excluding tert-OH is 1. The van der Waals surface area contributed by atoms with Crippen LogP contribution in [-0.4, -0.2) is 28.5 Å². The molecule has 1 heterocycles. The van der Waals surface area contributed by atoms with Crippen molar-refractivity contribution in [3.05, 3.63) is 24.6 Å². The van der Waals surface area contributed by atoms with Gasteiger partial charge in [0.15, 0.2) is 12.4 Å². The lowest BCUT2D eigenvalue weighted by atomic mass is 10.1. The van der Waals surface area contributed by atoms with Crippen molar-refractivity contribution in [1.29, 1.82) is 0 Å². The normalized spacial score (nSPS) is 23.2. The predicted molar refractivity (Wildman–Crippen MR) is 118 cm³/mol. The van der Waals surface area contributed by atoms with Crippen molar-refractivity contribution in [2.75, 3.05) is 6.54 Å². The van der Waals surface area contributed by atoms with E-state index in [-0.39, 0.29) is 6.23 Å². The Morgan fingerprint density at radius 2 is 1.44 bits per heavy atom. The van der Waals surface area contributed by atoms with E-state index >= 15 is 0 Å². The second-order valence-corrected chi connectivity index (χ2v) is 8.31. The van der Waals surface area contributed by atoms with Gasteiger partial charge in [0.1, 0.15) is 6.20 Å². The molecule has 158 valence electrons. The zero-order chi connectivity index (χ0) is 19.8. The van der Waals surface area contributed by atoms with Crippen molar-refractivity contribution in [3.8, 4) is 0 Å². The van der Waals surface area contributed by atoms with Gasteiger partial charge in [-0.25, -0.2) is 0 Å². The van der Waals surface area contributed by atoms with Gasteiger partial charge in [-0.1, -0.05) is 70.4 Å². The molecule has 3 atom stereocenters. The van der Waals surface area contributed by atoms with Crippen molar-refractivity contribution in [2.45, 2.75) is 123 Å². The molecule has 0 bridgehead atoms. The summed E-state index contributed by atoms with van der Waals surface area (Å²) in [6.45, 7) is 7.29. The van der Waals surface area contributed by atoms with Crippen molar-refractivity contribution in [2.24, 2.45) is 0 Å². The number of nitrogens with one attached hydrogen (secondary N) is 1. The molecular formula is C24H47N2O+. The van der Waals surface area contributed by atoms with Crippen LogP contribution < -0.4 is 5.32 Å². The molecule has 27 heavy (non-hydrogen) atoms. The van der Waals surface area contributed by atoms with Gasteiger partial charge < -0.3 is 10.4 Å². The minimum Gasteiger partial charge on any atom is -0.345 e. The summed E-state index contributed by atoms with van der Waals surface area (Å²) in [6.07, 6.45) is 27.6. The van der Waals surface area contributed by atoms with Gasteiger partial charge in [0.25, 0.3) is 0 Å². The van der Waals surface area contributed by atoms with Crippen LogP contribution in [0.4, 0.5) is 0 Å². The molecule has 0 amide bonds. The average Bonchev–Trinajstić information content (AvgIpc) is 3.09. The number of rotatable bonds is 17. The third kappa shape index (κ3) is 9.30. The van der Waals surface area contributed by atoms with Crippen LogP contribution in [0.2, 0.25) is 0 Å². The molecule has 1 aliphatic rings. The monoisotopic (exact) mass is 379 g/mol. The summed E-state index contributed by atoms with van der Waals surface area (Å²) < 4.78 is 0.670. The summed E-state index contributed by atoms with van der Waals surface area (Å²) >= 11 is 0. The van der Waals surface area contributed by atoms with Crippen LogP contribution in [0.25, 0.3) is 0 Å². The standard InChI is InChI=1S/C24H47N2O/c1-4-6-7-8-9-10-11-12-13-14-15-16-17-18-19-20-24-25-21-22-26(24,5-2)23(3)27/h12-13,21-25,27H,4-11,14-20H2,1-3H3/q+1/b13-12+. The van der Waals surface area contributed by atoms with E-state index < -0.39 is 0 Å². The number of hydrogen-bond donors (Lipinski definition) is 2. The summed E-state index contributed by atoms with van der Waals surface area (Å²) in [6, 6.07) is 0. The first kappa shape index (κ1) is 24.2. The van der Waals surface area contributed by atoms with Gasteiger partial charge >= 0.3 is 0 Å². The zero-order valence-corrected chi connectivity index (χ0v) is 18.5. The molecule has 1 rings (SSSR count). The summed E-state index contributed by atoms with van der Waals surface area (Å²) in [5, 5.41) is 13.6. The molecule has 3 nitrogen and oxygen atoms in total. The number of nitrogens with zero attached hydrogens (tertiary/aromatic N) is 1. The number of aliphatic hydroxyl groups is 1. The number of hydrogen-bond acceptors (Lipinski definition) is 2. The van der Waals surface area contributed by atoms with Gasteiger partial charge in [-0.3, -0.25) is 4.48 Å². The maximum atomic E-state index is 10.2. The minimum absolute atomic E-state index is 0.339. The quantitative estimate of drug-likeness (QED) is 0.169. The maximum Gasteiger partial charge on any atom is 0.193 e. The highest BCUT2D eigenvalue weighted by Gasteiger charge is 2.40. The molecular weight excluding hydrogens is 332 g/mol. The van der Waals surface area contributed by atoms with E-state index in [4.69, 9.17) is 0 Å². The fraction of sp³-hybridized carbons (Fsp3) is 0.833. The summed E-state index contributed by atoms with van der Waals surface area (Å²) in [7, 11) is 0. The third-order valence-electron chi connectivity index (χ3n) is 6.20. The molecule has 3 heteroatoms. The molecule has 0 aromatic heterocycles. The highest BCUT2D eigenvalue weighted by molar-refractivity contribution is 4.84. The number of unbranched alkanes of at least 4 members (excludes halogenated alkanes) is 11. The first-order valence-electron chi connectivity index (χ1n) is 11.8. The van der Waals surface area contributed by atoms with Crippen molar-refractivity contribution in [1.82, 2.24) is 5.32 Å². The lowest BCUT2D eigenvalue weighted by molar-refractivity contribution is -0.942. The lowest BCUT2D eigenvalue weighted by Gasteiger charge is -2.39. The van der Waals surface area contributed by atoms with Crippen LogP contribution in [0, 0.1) is 0 Å². The smallest absolute Gasteiger partial charge is 0.193 e. The fourth-order valence-corrected chi connectivity index (χ4v) is 4.24. The van der Waals surface area contributed by atoms with Gasteiger partial charge in [0.05, 0.1) is 12.7 Å². The van der Waals surface area contributed by atoms with Gasteiger partial charge in [0.2, 0.25) is 0 Å². The van der Waals surface area contributed by atoms with Gasteiger partial charge in [-0.15, -0.1) is 0 Å². The van der Waals surface area contributed by atoms with Gasteiger partial charge in [-0.2, -0.15) is 0 Å².